The Hall–Kier alpha value is -3.67. The summed E-state index contributed by atoms with van der Waals surface area (Å²) in [7, 11) is 0. The molecule has 4 rings (SSSR count). The van der Waals surface area contributed by atoms with E-state index in [-0.39, 0.29) is 16.8 Å². The molecule has 2 N–H and O–H groups in total. The van der Waals surface area contributed by atoms with Crippen molar-refractivity contribution >= 4 is 57.2 Å². The molecule has 0 aromatic heterocycles. The van der Waals surface area contributed by atoms with Crippen LogP contribution in [0.25, 0.3) is 10.8 Å². The lowest BCUT2D eigenvalue weighted by Gasteiger charge is -2.09. The normalized spacial score (nSPS) is 11.3. The van der Waals surface area contributed by atoms with Gasteiger partial charge in [-0.3, -0.25) is 9.59 Å². The molecule has 0 bridgehead atoms. The molecule has 0 saturated heterocycles. The molecule has 164 valence electrons. The summed E-state index contributed by atoms with van der Waals surface area (Å²) in [6, 6.07) is 25.1. The van der Waals surface area contributed by atoms with E-state index in [0.717, 1.165) is 16.3 Å². The van der Waals surface area contributed by atoms with Crippen molar-refractivity contribution in [3.63, 3.8) is 0 Å². The van der Waals surface area contributed by atoms with Gasteiger partial charge in [0, 0.05) is 16.3 Å². The molecule has 0 radical (unpaired) electrons. The molecule has 0 aliphatic heterocycles. The van der Waals surface area contributed by atoms with Gasteiger partial charge >= 0.3 is 0 Å². The van der Waals surface area contributed by atoms with Crippen molar-refractivity contribution in [1.82, 2.24) is 5.43 Å². The van der Waals surface area contributed by atoms with Crippen LogP contribution >= 0.6 is 23.2 Å². The summed E-state index contributed by atoms with van der Waals surface area (Å²) >= 11 is 12.0. The lowest BCUT2D eigenvalue weighted by Crippen LogP contribution is -2.19. The van der Waals surface area contributed by atoms with E-state index in [1.165, 1.54) is 6.07 Å². The van der Waals surface area contributed by atoms with Crippen LogP contribution in [0, 0.1) is 0 Å². The second-order valence-electron chi connectivity index (χ2n) is 7.32. The average molecular weight is 476 g/mol. The number of anilines is 1. The molecule has 2 amide bonds. The molecular formula is C26H19Cl2N3O2. The molecule has 33 heavy (non-hydrogen) atoms. The zero-order chi connectivity index (χ0) is 23.4. The largest absolute Gasteiger partial charge is 0.322 e. The maximum absolute atomic E-state index is 12.7. The molecule has 0 spiro atoms. The minimum atomic E-state index is -0.354. The van der Waals surface area contributed by atoms with Crippen molar-refractivity contribution in [3.8, 4) is 0 Å². The minimum Gasteiger partial charge on any atom is -0.322 e. The standard InChI is InChI=1S/C26H19Cl2N3O2/c1-16(30-31-26(33)22-11-5-7-17-6-2-3-10-21(17)22)18-8-4-9-20(14-18)29-25(32)23-13-12-19(27)15-24(23)28/h2-15H,1H3,(H,29,32)(H,31,33)/b30-16-. The molecule has 0 heterocycles. The Morgan fingerprint density at radius 1 is 0.788 bits per heavy atom. The third kappa shape index (κ3) is 5.22. The third-order valence-electron chi connectivity index (χ3n) is 5.07. The molecule has 0 unspecified atom stereocenters. The summed E-state index contributed by atoms with van der Waals surface area (Å²) in [5, 5.41) is 9.63. The Bertz CT molecular complexity index is 1390. The van der Waals surface area contributed by atoms with E-state index in [2.05, 4.69) is 15.8 Å². The van der Waals surface area contributed by atoms with Crippen LogP contribution in [0.3, 0.4) is 0 Å². The molecule has 4 aromatic rings. The molecule has 7 heteroatoms. The first-order chi connectivity index (χ1) is 15.9. The third-order valence-corrected chi connectivity index (χ3v) is 5.62. The van der Waals surface area contributed by atoms with Gasteiger partial charge in [0.15, 0.2) is 0 Å². The van der Waals surface area contributed by atoms with Crippen molar-refractivity contribution < 1.29 is 9.59 Å². The fourth-order valence-corrected chi connectivity index (χ4v) is 3.87. The maximum Gasteiger partial charge on any atom is 0.272 e. The number of fused-ring (bicyclic) bond motifs is 1. The van der Waals surface area contributed by atoms with Gasteiger partial charge in [0.25, 0.3) is 11.8 Å². The number of hydrogen-bond donors (Lipinski definition) is 2. The summed E-state index contributed by atoms with van der Waals surface area (Å²) < 4.78 is 0. The van der Waals surface area contributed by atoms with Gasteiger partial charge in [0.2, 0.25) is 0 Å². The van der Waals surface area contributed by atoms with Crippen LogP contribution in [0.4, 0.5) is 5.69 Å². The van der Waals surface area contributed by atoms with Gasteiger partial charge in [-0.05, 0) is 59.7 Å². The number of halogens is 2. The highest BCUT2D eigenvalue weighted by Gasteiger charge is 2.12. The molecule has 0 saturated carbocycles. The van der Waals surface area contributed by atoms with Crippen molar-refractivity contribution in [2.24, 2.45) is 5.10 Å². The van der Waals surface area contributed by atoms with Gasteiger partial charge in [-0.25, -0.2) is 5.43 Å². The van der Waals surface area contributed by atoms with Crippen LogP contribution in [-0.2, 0) is 0 Å². The summed E-state index contributed by atoms with van der Waals surface area (Å²) in [6.07, 6.45) is 0. The molecule has 0 aliphatic rings. The molecule has 0 fully saturated rings. The Kier molecular flexibility index (Phi) is 6.73. The predicted molar refractivity (Wildman–Crippen MR) is 134 cm³/mol. The Morgan fingerprint density at radius 2 is 1.55 bits per heavy atom. The van der Waals surface area contributed by atoms with E-state index in [1.807, 2.05) is 42.5 Å². The Labute approximate surface area is 201 Å². The smallest absolute Gasteiger partial charge is 0.272 e. The van der Waals surface area contributed by atoms with Crippen LogP contribution in [0.1, 0.15) is 33.2 Å². The molecule has 4 aromatic carbocycles. The monoisotopic (exact) mass is 475 g/mol. The number of carbonyl (C=O) groups excluding carboxylic acids is 2. The van der Waals surface area contributed by atoms with Crippen LogP contribution in [0.5, 0.6) is 0 Å². The second kappa shape index (κ2) is 9.86. The van der Waals surface area contributed by atoms with Gasteiger partial charge in [0.1, 0.15) is 0 Å². The fourth-order valence-electron chi connectivity index (χ4n) is 3.38. The number of benzene rings is 4. The maximum atomic E-state index is 12.7. The SMILES string of the molecule is C/C(=N/NC(=O)c1cccc2ccccc12)c1cccc(NC(=O)c2ccc(Cl)cc2Cl)c1. The van der Waals surface area contributed by atoms with Crippen LogP contribution in [-0.4, -0.2) is 17.5 Å². The molecule has 0 aliphatic carbocycles. The van der Waals surface area contributed by atoms with E-state index in [9.17, 15) is 9.59 Å². The number of carbonyl (C=O) groups is 2. The number of amides is 2. The first kappa shape index (κ1) is 22.5. The zero-order valence-corrected chi connectivity index (χ0v) is 19.1. The lowest BCUT2D eigenvalue weighted by atomic mass is 10.0. The second-order valence-corrected chi connectivity index (χ2v) is 8.17. The summed E-state index contributed by atoms with van der Waals surface area (Å²) in [6.45, 7) is 1.78. The fraction of sp³-hybridized carbons (Fsp3) is 0.0385. The van der Waals surface area contributed by atoms with Crippen LogP contribution in [0.15, 0.2) is 90.0 Å². The highest BCUT2D eigenvalue weighted by Crippen LogP contribution is 2.23. The molecule has 0 atom stereocenters. The molecular weight excluding hydrogens is 457 g/mol. The number of hydrazone groups is 1. The van der Waals surface area contributed by atoms with Crippen molar-refractivity contribution in [2.75, 3.05) is 5.32 Å². The zero-order valence-electron chi connectivity index (χ0n) is 17.6. The van der Waals surface area contributed by atoms with Gasteiger partial charge < -0.3 is 5.32 Å². The van der Waals surface area contributed by atoms with Gasteiger partial charge in [-0.15, -0.1) is 0 Å². The van der Waals surface area contributed by atoms with E-state index in [0.29, 0.717) is 27.5 Å². The summed E-state index contributed by atoms with van der Waals surface area (Å²) in [5.74, 6) is -0.652. The van der Waals surface area contributed by atoms with Crippen molar-refractivity contribution in [3.05, 3.63) is 112 Å². The van der Waals surface area contributed by atoms with Crippen molar-refractivity contribution in [2.45, 2.75) is 6.92 Å². The number of nitrogens with zero attached hydrogens (tertiary/aromatic N) is 1. The Morgan fingerprint density at radius 3 is 2.36 bits per heavy atom. The highest BCUT2D eigenvalue weighted by atomic mass is 35.5. The molecule has 5 nitrogen and oxygen atoms in total. The lowest BCUT2D eigenvalue weighted by molar-refractivity contribution is 0.0955. The van der Waals surface area contributed by atoms with Crippen molar-refractivity contribution in [1.29, 1.82) is 0 Å². The summed E-state index contributed by atoms with van der Waals surface area (Å²) in [5.41, 5.74) is 5.38. The Balaban J connectivity index is 1.49. The van der Waals surface area contributed by atoms with E-state index in [4.69, 9.17) is 23.2 Å². The number of nitrogens with one attached hydrogen (secondary N) is 2. The minimum absolute atomic E-state index is 0.269. The van der Waals surface area contributed by atoms with E-state index in [1.54, 1.807) is 43.3 Å². The first-order valence-corrected chi connectivity index (χ1v) is 10.9. The van der Waals surface area contributed by atoms with Crippen LogP contribution < -0.4 is 10.7 Å². The van der Waals surface area contributed by atoms with Gasteiger partial charge in [-0.2, -0.15) is 5.10 Å². The van der Waals surface area contributed by atoms with E-state index >= 15 is 0 Å². The number of rotatable bonds is 5. The quantitative estimate of drug-likeness (QED) is 0.253. The van der Waals surface area contributed by atoms with Gasteiger partial charge in [0.05, 0.1) is 16.3 Å². The number of hydrogen-bond acceptors (Lipinski definition) is 3. The van der Waals surface area contributed by atoms with E-state index < -0.39 is 0 Å². The first-order valence-electron chi connectivity index (χ1n) is 10.1. The van der Waals surface area contributed by atoms with Gasteiger partial charge in [-0.1, -0.05) is 71.7 Å². The highest BCUT2D eigenvalue weighted by molar-refractivity contribution is 6.37. The summed E-state index contributed by atoms with van der Waals surface area (Å²) in [4.78, 5) is 25.3. The topological polar surface area (TPSA) is 70.6 Å². The average Bonchev–Trinajstić information content (AvgIpc) is 2.82. The predicted octanol–water partition coefficient (Wildman–Crippen LogP) is 6.55. The van der Waals surface area contributed by atoms with Crippen LogP contribution in [0.2, 0.25) is 10.0 Å².